The number of hydrogen-bond donors (Lipinski definition) is 3. The average molecular weight is 634 g/mol. The monoisotopic (exact) mass is 633 g/mol. The Bertz CT molecular complexity index is 1800. The first-order valence-electron chi connectivity index (χ1n) is 13.4. The van der Waals surface area contributed by atoms with Crippen molar-refractivity contribution >= 4 is 52.7 Å². The van der Waals surface area contributed by atoms with Gasteiger partial charge >= 0.3 is 5.97 Å². The number of rotatable bonds is 9. The SMILES string of the molecule is COCC(=O)Nc1cccc2c1CCN(C(=O)C=Cc1c(-n3cnnn3)ccc(Cl)c1F)C2C(=O)Nc1ccc(C(=O)O)cc1. The van der Waals surface area contributed by atoms with Gasteiger partial charge in [-0.2, -0.15) is 4.68 Å². The molecule has 45 heavy (non-hydrogen) atoms. The predicted molar refractivity (Wildman–Crippen MR) is 160 cm³/mol. The number of carboxylic acids is 1. The van der Waals surface area contributed by atoms with Crippen LogP contribution in [-0.2, 0) is 25.5 Å². The van der Waals surface area contributed by atoms with Crippen molar-refractivity contribution in [3.8, 4) is 5.69 Å². The maximum atomic E-state index is 15.1. The summed E-state index contributed by atoms with van der Waals surface area (Å²) in [6.07, 6.45) is 3.91. The molecule has 3 N–H and O–H groups in total. The number of tetrazole rings is 1. The summed E-state index contributed by atoms with van der Waals surface area (Å²) in [5.74, 6) is -3.52. The lowest BCUT2D eigenvalue weighted by Crippen LogP contribution is -2.45. The van der Waals surface area contributed by atoms with Gasteiger partial charge in [-0.25, -0.2) is 9.18 Å². The molecule has 0 radical (unpaired) electrons. The first-order chi connectivity index (χ1) is 21.7. The van der Waals surface area contributed by atoms with E-state index in [0.29, 0.717) is 22.5 Å². The number of aromatic nitrogens is 4. The van der Waals surface area contributed by atoms with E-state index in [2.05, 4.69) is 26.2 Å². The van der Waals surface area contributed by atoms with Crippen LogP contribution in [0.3, 0.4) is 0 Å². The first kappa shape index (κ1) is 31.0. The van der Waals surface area contributed by atoms with Crippen molar-refractivity contribution in [2.75, 3.05) is 30.9 Å². The van der Waals surface area contributed by atoms with Gasteiger partial charge in [0.05, 0.1) is 16.3 Å². The van der Waals surface area contributed by atoms with Crippen LogP contribution in [0.1, 0.15) is 33.1 Å². The fourth-order valence-corrected chi connectivity index (χ4v) is 5.13. The summed E-state index contributed by atoms with van der Waals surface area (Å²) >= 11 is 6.02. The van der Waals surface area contributed by atoms with Crippen molar-refractivity contribution in [3.63, 3.8) is 0 Å². The van der Waals surface area contributed by atoms with Crippen LogP contribution in [0.15, 0.2) is 67.0 Å². The Morgan fingerprint density at radius 1 is 1.11 bits per heavy atom. The summed E-state index contributed by atoms with van der Waals surface area (Å²) in [7, 11) is 1.39. The molecule has 1 atom stereocenters. The Labute approximate surface area is 260 Å². The molecule has 4 aromatic rings. The van der Waals surface area contributed by atoms with Crippen LogP contribution < -0.4 is 10.6 Å². The molecule has 0 saturated heterocycles. The Hall–Kier alpha value is -5.47. The normalized spacial score (nSPS) is 14.2. The summed E-state index contributed by atoms with van der Waals surface area (Å²) in [4.78, 5) is 52.4. The van der Waals surface area contributed by atoms with Crippen molar-refractivity contribution in [1.82, 2.24) is 25.1 Å². The molecule has 3 aromatic carbocycles. The molecule has 2 heterocycles. The molecule has 13 nitrogen and oxygen atoms in total. The molecule has 0 aliphatic carbocycles. The number of carbonyl (C=O) groups excluding carboxylic acids is 3. The minimum absolute atomic E-state index is 0.0312. The smallest absolute Gasteiger partial charge is 0.335 e. The average Bonchev–Trinajstić information content (AvgIpc) is 3.56. The molecule has 5 rings (SSSR count). The number of carboxylic acid groups (broad SMARTS) is 1. The van der Waals surface area contributed by atoms with E-state index in [0.717, 1.165) is 6.08 Å². The van der Waals surface area contributed by atoms with Crippen LogP contribution in [0, 0.1) is 5.82 Å². The number of aromatic carboxylic acids is 1. The fourth-order valence-electron chi connectivity index (χ4n) is 4.97. The standard InChI is InChI=1S/C30H25ClFN7O6/c1-45-15-25(40)35-23-4-2-3-20-19(23)13-14-38(28(20)29(42)34-18-7-5-17(6-8-18)30(43)44)26(41)12-9-21-24(39-16-33-36-37-39)11-10-22(31)27(21)32/h2-12,16,28H,13-15H2,1H3,(H,34,42)(H,35,40)(H,43,44). The number of methoxy groups -OCH3 is 1. The topological polar surface area (TPSA) is 169 Å². The number of benzene rings is 3. The van der Waals surface area contributed by atoms with Crippen molar-refractivity contribution in [2.45, 2.75) is 12.5 Å². The van der Waals surface area contributed by atoms with E-state index in [-0.39, 0.29) is 41.4 Å². The molecule has 15 heteroatoms. The van der Waals surface area contributed by atoms with Crippen molar-refractivity contribution < 1.29 is 33.4 Å². The predicted octanol–water partition coefficient (Wildman–Crippen LogP) is 3.52. The molecule has 0 bridgehead atoms. The molecule has 0 fully saturated rings. The summed E-state index contributed by atoms with van der Waals surface area (Å²) in [5, 5.41) is 25.5. The lowest BCUT2D eigenvalue weighted by atomic mass is 9.90. The van der Waals surface area contributed by atoms with Gasteiger partial charge in [-0.1, -0.05) is 23.7 Å². The van der Waals surface area contributed by atoms with Crippen molar-refractivity contribution in [3.05, 3.63) is 100 Å². The second-order valence-corrected chi connectivity index (χ2v) is 10.2. The lowest BCUT2D eigenvalue weighted by Gasteiger charge is -2.36. The zero-order valence-corrected chi connectivity index (χ0v) is 24.4. The van der Waals surface area contributed by atoms with Gasteiger partial charge in [-0.15, -0.1) is 5.10 Å². The highest BCUT2D eigenvalue weighted by atomic mass is 35.5. The molecule has 1 aromatic heterocycles. The van der Waals surface area contributed by atoms with Gasteiger partial charge < -0.3 is 25.4 Å². The van der Waals surface area contributed by atoms with Crippen molar-refractivity contribution in [2.24, 2.45) is 0 Å². The third-order valence-corrected chi connectivity index (χ3v) is 7.29. The van der Waals surface area contributed by atoms with Gasteiger partial charge in [0.1, 0.15) is 19.0 Å². The van der Waals surface area contributed by atoms with Crippen molar-refractivity contribution in [1.29, 1.82) is 0 Å². The van der Waals surface area contributed by atoms with Crippen LogP contribution in [0.2, 0.25) is 5.02 Å². The van der Waals surface area contributed by atoms with Gasteiger partial charge in [0.25, 0.3) is 5.91 Å². The number of hydrogen-bond acceptors (Lipinski definition) is 8. The molecule has 0 saturated carbocycles. The summed E-state index contributed by atoms with van der Waals surface area (Å²) in [5.41, 5.74) is 2.08. The van der Waals surface area contributed by atoms with Gasteiger partial charge in [-0.3, -0.25) is 14.4 Å². The Balaban J connectivity index is 1.50. The number of amides is 3. The van der Waals surface area contributed by atoms with Crippen LogP contribution in [0.5, 0.6) is 0 Å². The van der Waals surface area contributed by atoms with E-state index in [1.54, 1.807) is 18.2 Å². The lowest BCUT2D eigenvalue weighted by molar-refractivity contribution is -0.135. The van der Waals surface area contributed by atoms with E-state index < -0.39 is 35.5 Å². The number of nitrogens with zero attached hydrogens (tertiary/aromatic N) is 5. The van der Waals surface area contributed by atoms with E-state index in [9.17, 15) is 24.3 Å². The summed E-state index contributed by atoms with van der Waals surface area (Å²) < 4.78 is 21.3. The zero-order chi connectivity index (χ0) is 32.1. The van der Waals surface area contributed by atoms with Gasteiger partial charge in [0.2, 0.25) is 11.8 Å². The zero-order valence-electron chi connectivity index (χ0n) is 23.6. The van der Waals surface area contributed by atoms with Crippen LogP contribution in [-0.4, -0.2) is 74.2 Å². The first-order valence-corrected chi connectivity index (χ1v) is 13.8. The summed E-state index contributed by atoms with van der Waals surface area (Å²) in [6, 6.07) is 12.2. The number of fused-ring (bicyclic) bond motifs is 1. The number of nitrogens with one attached hydrogen (secondary N) is 2. The Morgan fingerprint density at radius 2 is 1.89 bits per heavy atom. The van der Waals surface area contributed by atoms with Gasteiger partial charge in [0.15, 0.2) is 5.82 Å². The second kappa shape index (κ2) is 13.4. The quantitative estimate of drug-likeness (QED) is 0.234. The molecule has 0 spiro atoms. The molecule has 1 unspecified atom stereocenters. The highest BCUT2D eigenvalue weighted by Crippen LogP contribution is 2.35. The maximum absolute atomic E-state index is 15.1. The minimum Gasteiger partial charge on any atom is -0.478 e. The second-order valence-electron chi connectivity index (χ2n) is 9.79. The number of halogens is 2. The highest BCUT2D eigenvalue weighted by molar-refractivity contribution is 6.31. The third-order valence-electron chi connectivity index (χ3n) is 7.00. The Kier molecular flexibility index (Phi) is 9.25. The molecule has 230 valence electrons. The molecule has 1 aliphatic heterocycles. The molecule has 3 amide bonds. The van der Waals surface area contributed by atoms with E-state index in [1.807, 2.05) is 0 Å². The van der Waals surface area contributed by atoms with Crippen LogP contribution >= 0.6 is 11.6 Å². The number of ether oxygens (including phenoxy) is 1. The highest BCUT2D eigenvalue weighted by Gasteiger charge is 2.36. The molecular weight excluding hydrogens is 609 g/mol. The number of anilines is 2. The van der Waals surface area contributed by atoms with Gasteiger partial charge in [0, 0.05) is 36.7 Å². The molecule has 1 aliphatic rings. The largest absolute Gasteiger partial charge is 0.478 e. The van der Waals surface area contributed by atoms with Gasteiger partial charge in [-0.05, 0) is 76.5 Å². The number of carbonyl (C=O) groups is 4. The minimum atomic E-state index is -1.17. The van der Waals surface area contributed by atoms with E-state index >= 15 is 4.39 Å². The summed E-state index contributed by atoms with van der Waals surface area (Å²) in [6.45, 7) is -0.108. The fraction of sp³-hybridized carbons (Fsp3) is 0.167. The van der Waals surface area contributed by atoms with Crippen LogP contribution in [0.4, 0.5) is 15.8 Å². The Morgan fingerprint density at radius 3 is 2.58 bits per heavy atom. The maximum Gasteiger partial charge on any atom is 0.335 e. The third kappa shape index (κ3) is 6.71. The van der Waals surface area contributed by atoms with Crippen LogP contribution in [0.25, 0.3) is 11.8 Å². The van der Waals surface area contributed by atoms with E-state index in [4.69, 9.17) is 16.3 Å². The van der Waals surface area contributed by atoms with E-state index in [1.165, 1.54) is 65.5 Å². The molecular formula is C30H25ClFN7O6.